The van der Waals surface area contributed by atoms with Crippen molar-refractivity contribution in [2.24, 2.45) is 5.92 Å². The van der Waals surface area contributed by atoms with E-state index in [1.807, 2.05) is 0 Å². The van der Waals surface area contributed by atoms with Gasteiger partial charge in [-0.2, -0.15) is 0 Å². The number of carbonyl (C=O) groups excluding carboxylic acids is 3. The molecule has 0 saturated heterocycles. The standard InChI is InChI=1S/C11H15NO3/c1-7(2)10(14)12-9(13)6-4-5-8(3)11(12)15/h5,7H,4,6H2,1-3H3. The second-order valence-corrected chi connectivity index (χ2v) is 3.95. The Balaban J connectivity index is 3.02. The summed E-state index contributed by atoms with van der Waals surface area (Å²) in [6.07, 6.45) is 2.45. The lowest BCUT2D eigenvalue weighted by Gasteiger charge is -2.19. The quantitative estimate of drug-likeness (QED) is 0.611. The van der Waals surface area contributed by atoms with Crippen LogP contribution in [0.3, 0.4) is 0 Å². The predicted octanol–water partition coefficient (Wildman–Crippen LogP) is 1.26. The normalized spacial score (nSPS) is 17.9. The third kappa shape index (κ3) is 2.32. The van der Waals surface area contributed by atoms with Gasteiger partial charge in [-0.1, -0.05) is 19.9 Å². The van der Waals surface area contributed by atoms with E-state index in [1.54, 1.807) is 26.8 Å². The van der Waals surface area contributed by atoms with Crippen molar-refractivity contribution in [2.75, 3.05) is 0 Å². The first-order valence-corrected chi connectivity index (χ1v) is 5.03. The van der Waals surface area contributed by atoms with Crippen molar-refractivity contribution in [3.63, 3.8) is 0 Å². The van der Waals surface area contributed by atoms with Crippen LogP contribution in [-0.4, -0.2) is 22.6 Å². The number of rotatable bonds is 1. The van der Waals surface area contributed by atoms with Crippen LogP contribution in [0.4, 0.5) is 0 Å². The number of hydrogen-bond acceptors (Lipinski definition) is 3. The third-order valence-corrected chi connectivity index (χ3v) is 2.31. The Kier molecular flexibility index (Phi) is 3.39. The summed E-state index contributed by atoms with van der Waals surface area (Å²) in [4.78, 5) is 35.7. The van der Waals surface area contributed by atoms with Crippen LogP contribution >= 0.6 is 0 Å². The first-order valence-electron chi connectivity index (χ1n) is 5.03. The Morgan fingerprint density at radius 2 is 2.00 bits per heavy atom. The van der Waals surface area contributed by atoms with Gasteiger partial charge in [-0.25, -0.2) is 4.90 Å². The van der Waals surface area contributed by atoms with Gasteiger partial charge in [0.05, 0.1) is 0 Å². The van der Waals surface area contributed by atoms with Gasteiger partial charge >= 0.3 is 0 Å². The van der Waals surface area contributed by atoms with Crippen molar-refractivity contribution < 1.29 is 14.4 Å². The monoisotopic (exact) mass is 209 g/mol. The van der Waals surface area contributed by atoms with Crippen molar-refractivity contribution >= 4 is 17.7 Å². The molecule has 0 aromatic heterocycles. The molecular weight excluding hydrogens is 194 g/mol. The SMILES string of the molecule is CC1=CCCC(=O)N(C(=O)C(C)C)C1=O. The lowest BCUT2D eigenvalue weighted by Crippen LogP contribution is -2.43. The van der Waals surface area contributed by atoms with Gasteiger partial charge in [0.25, 0.3) is 5.91 Å². The van der Waals surface area contributed by atoms with Crippen LogP contribution in [0, 0.1) is 5.92 Å². The van der Waals surface area contributed by atoms with E-state index in [0.29, 0.717) is 12.0 Å². The molecule has 0 unspecified atom stereocenters. The van der Waals surface area contributed by atoms with E-state index >= 15 is 0 Å². The van der Waals surface area contributed by atoms with Gasteiger partial charge in [0.2, 0.25) is 11.8 Å². The molecule has 15 heavy (non-hydrogen) atoms. The van der Waals surface area contributed by atoms with E-state index < -0.39 is 17.7 Å². The molecule has 4 heteroatoms. The lowest BCUT2D eigenvalue weighted by atomic mass is 10.1. The number of nitrogens with zero attached hydrogens (tertiary/aromatic N) is 1. The second-order valence-electron chi connectivity index (χ2n) is 3.95. The molecule has 0 aromatic carbocycles. The van der Waals surface area contributed by atoms with Crippen molar-refractivity contribution in [3.8, 4) is 0 Å². The highest BCUT2D eigenvalue weighted by atomic mass is 16.2. The summed E-state index contributed by atoms with van der Waals surface area (Å²) in [6, 6.07) is 0. The molecule has 0 aromatic rings. The van der Waals surface area contributed by atoms with Crippen molar-refractivity contribution in [3.05, 3.63) is 11.6 Å². The van der Waals surface area contributed by atoms with Crippen molar-refractivity contribution in [2.45, 2.75) is 33.6 Å². The highest BCUT2D eigenvalue weighted by Gasteiger charge is 2.31. The number of carbonyl (C=O) groups is 3. The average Bonchev–Trinajstić information content (AvgIpc) is 2.27. The van der Waals surface area contributed by atoms with Crippen molar-refractivity contribution in [1.82, 2.24) is 4.90 Å². The molecule has 0 atom stereocenters. The Morgan fingerprint density at radius 3 is 2.53 bits per heavy atom. The summed E-state index contributed by atoms with van der Waals surface area (Å²) in [5, 5.41) is 0. The molecule has 0 spiro atoms. The molecule has 1 rings (SSSR count). The molecule has 3 amide bonds. The number of hydrogen-bond donors (Lipinski definition) is 0. The Morgan fingerprint density at radius 1 is 1.40 bits per heavy atom. The fourth-order valence-electron chi connectivity index (χ4n) is 1.38. The van der Waals surface area contributed by atoms with Gasteiger partial charge in [-0.05, 0) is 13.3 Å². The molecule has 0 fully saturated rings. The topological polar surface area (TPSA) is 54.5 Å². The maximum Gasteiger partial charge on any atom is 0.262 e. The van der Waals surface area contributed by atoms with Crippen LogP contribution in [0.2, 0.25) is 0 Å². The van der Waals surface area contributed by atoms with E-state index in [4.69, 9.17) is 0 Å². The Labute approximate surface area is 88.9 Å². The highest BCUT2D eigenvalue weighted by Crippen LogP contribution is 2.15. The summed E-state index contributed by atoms with van der Waals surface area (Å²) in [5.41, 5.74) is 0.467. The smallest absolute Gasteiger partial charge is 0.262 e. The summed E-state index contributed by atoms with van der Waals surface area (Å²) >= 11 is 0. The Hall–Kier alpha value is -1.45. The molecule has 1 heterocycles. The first-order chi connectivity index (χ1) is 6.95. The van der Waals surface area contributed by atoms with E-state index in [2.05, 4.69) is 0 Å². The van der Waals surface area contributed by atoms with Crippen LogP contribution in [0.25, 0.3) is 0 Å². The van der Waals surface area contributed by atoms with E-state index in [9.17, 15) is 14.4 Å². The molecule has 1 aliphatic heterocycles. The molecule has 4 nitrogen and oxygen atoms in total. The number of imide groups is 3. The lowest BCUT2D eigenvalue weighted by molar-refractivity contribution is -0.153. The maximum absolute atomic E-state index is 11.7. The third-order valence-electron chi connectivity index (χ3n) is 2.31. The van der Waals surface area contributed by atoms with E-state index in [0.717, 1.165) is 4.90 Å². The molecule has 0 radical (unpaired) electrons. The van der Waals surface area contributed by atoms with Crippen molar-refractivity contribution in [1.29, 1.82) is 0 Å². The van der Waals surface area contributed by atoms with Gasteiger partial charge in [0.1, 0.15) is 0 Å². The predicted molar refractivity (Wildman–Crippen MR) is 54.7 cm³/mol. The summed E-state index contributed by atoms with van der Waals surface area (Å²) in [6.45, 7) is 4.97. The molecular formula is C11H15NO3. The minimum atomic E-state index is -0.476. The molecule has 82 valence electrons. The molecule has 1 aliphatic rings. The second kappa shape index (κ2) is 4.38. The van der Waals surface area contributed by atoms with E-state index in [-0.39, 0.29) is 12.3 Å². The summed E-state index contributed by atoms with van der Waals surface area (Å²) in [5.74, 6) is -1.63. The highest BCUT2D eigenvalue weighted by molar-refractivity contribution is 6.16. The molecule has 0 saturated carbocycles. The first kappa shape index (κ1) is 11.6. The maximum atomic E-state index is 11.7. The van der Waals surface area contributed by atoms with Crippen LogP contribution in [0.1, 0.15) is 33.6 Å². The fourth-order valence-corrected chi connectivity index (χ4v) is 1.38. The van der Waals surface area contributed by atoms with Gasteiger partial charge < -0.3 is 0 Å². The largest absolute Gasteiger partial charge is 0.274 e. The van der Waals surface area contributed by atoms with Crippen LogP contribution in [0.15, 0.2) is 11.6 Å². The number of amides is 3. The van der Waals surface area contributed by atoms with Crippen LogP contribution < -0.4 is 0 Å². The zero-order chi connectivity index (χ0) is 11.6. The average molecular weight is 209 g/mol. The summed E-state index contributed by atoms with van der Waals surface area (Å²) < 4.78 is 0. The molecule has 0 bridgehead atoms. The summed E-state index contributed by atoms with van der Waals surface area (Å²) in [7, 11) is 0. The van der Waals surface area contributed by atoms with Gasteiger partial charge in [-0.3, -0.25) is 14.4 Å². The number of allylic oxidation sites excluding steroid dienone is 1. The fraction of sp³-hybridized carbons (Fsp3) is 0.545. The van der Waals surface area contributed by atoms with Gasteiger partial charge in [0, 0.05) is 17.9 Å². The zero-order valence-electron chi connectivity index (χ0n) is 9.24. The van der Waals surface area contributed by atoms with Crippen LogP contribution in [0.5, 0.6) is 0 Å². The van der Waals surface area contributed by atoms with E-state index in [1.165, 1.54) is 0 Å². The van der Waals surface area contributed by atoms with Gasteiger partial charge in [-0.15, -0.1) is 0 Å². The zero-order valence-corrected chi connectivity index (χ0v) is 9.24. The van der Waals surface area contributed by atoms with Crippen LogP contribution in [-0.2, 0) is 14.4 Å². The Bertz CT molecular complexity index is 342. The molecule has 0 aliphatic carbocycles. The minimum absolute atomic E-state index is 0.224. The van der Waals surface area contributed by atoms with Gasteiger partial charge in [0.15, 0.2) is 0 Å². The minimum Gasteiger partial charge on any atom is -0.274 e. The molecule has 0 N–H and O–H groups in total.